The highest BCUT2D eigenvalue weighted by Gasteiger charge is 2.18. The van der Waals surface area contributed by atoms with Crippen molar-refractivity contribution in [2.24, 2.45) is 0 Å². The lowest BCUT2D eigenvalue weighted by molar-refractivity contribution is -0.160. The minimum atomic E-state index is -0.552. The van der Waals surface area contributed by atoms with E-state index in [1.54, 1.807) is 63.4 Å². The van der Waals surface area contributed by atoms with Crippen molar-refractivity contribution in [3.63, 3.8) is 0 Å². The standard InChI is InChI=1S/C35H36FNO7S/c1-35(2,3)44-32(40)22-42-20-19-41-18-4-5-24(16-17-37-23-38)25-8-13-29(14-9-25)43-33-30-15-12-28(39)21-31(30)45-34(33)26-6-10-27(36)11-7-26/h5-17,21,23,39H,4,18-20,22H2,1-3H3,(H,37,38)/b17-16-,24-5+. The summed E-state index contributed by atoms with van der Waals surface area (Å²) in [5.74, 6) is 0.622. The summed E-state index contributed by atoms with van der Waals surface area (Å²) in [6.07, 6.45) is 6.52. The van der Waals surface area contributed by atoms with Crippen LogP contribution in [0.1, 0.15) is 32.8 Å². The summed E-state index contributed by atoms with van der Waals surface area (Å²) in [5.41, 5.74) is 2.01. The van der Waals surface area contributed by atoms with Gasteiger partial charge in [-0.05, 0) is 92.4 Å². The van der Waals surface area contributed by atoms with E-state index in [9.17, 15) is 19.1 Å². The molecule has 1 aromatic heterocycles. The van der Waals surface area contributed by atoms with E-state index in [1.165, 1.54) is 23.5 Å². The van der Waals surface area contributed by atoms with Gasteiger partial charge in [-0.15, -0.1) is 11.3 Å². The van der Waals surface area contributed by atoms with Crippen LogP contribution in [0.3, 0.4) is 0 Å². The molecule has 0 radical (unpaired) electrons. The molecular formula is C35H36FNO7S. The predicted octanol–water partition coefficient (Wildman–Crippen LogP) is 7.61. The average Bonchev–Trinajstić information content (AvgIpc) is 3.34. The van der Waals surface area contributed by atoms with E-state index >= 15 is 0 Å². The zero-order valence-electron chi connectivity index (χ0n) is 25.4. The minimum Gasteiger partial charge on any atom is -0.508 e. The maximum atomic E-state index is 13.6. The van der Waals surface area contributed by atoms with Gasteiger partial charge in [0.2, 0.25) is 6.41 Å². The zero-order valence-corrected chi connectivity index (χ0v) is 26.2. The van der Waals surface area contributed by atoms with Gasteiger partial charge in [0.15, 0.2) is 5.75 Å². The van der Waals surface area contributed by atoms with Crippen molar-refractivity contribution >= 4 is 39.4 Å². The fourth-order valence-electron chi connectivity index (χ4n) is 4.29. The largest absolute Gasteiger partial charge is 0.508 e. The van der Waals surface area contributed by atoms with Crippen LogP contribution in [0, 0.1) is 5.82 Å². The summed E-state index contributed by atoms with van der Waals surface area (Å²) in [6, 6.07) is 18.8. The first-order valence-corrected chi connectivity index (χ1v) is 15.2. The Hall–Kier alpha value is -4.51. The van der Waals surface area contributed by atoms with Crippen LogP contribution in [-0.2, 0) is 23.8 Å². The van der Waals surface area contributed by atoms with Crippen LogP contribution in [0.5, 0.6) is 17.2 Å². The highest BCUT2D eigenvalue weighted by molar-refractivity contribution is 7.22. The maximum absolute atomic E-state index is 13.6. The normalized spacial score (nSPS) is 12.0. The number of carbonyl (C=O) groups is 2. The first-order chi connectivity index (χ1) is 21.6. The average molecular weight is 634 g/mol. The number of fused-ring (bicyclic) bond motifs is 1. The number of phenols is 1. The van der Waals surface area contributed by atoms with Crippen molar-refractivity contribution in [2.45, 2.75) is 32.8 Å². The molecule has 3 aromatic carbocycles. The zero-order chi connectivity index (χ0) is 32.2. The molecule has 0 saturated carbocycles. The number of ether oxygens (including phenoxy) is 4. The number of esters is 1. The second kappa shape index (κ2) is 16.0. The van der Waals surface area contributed by atoms with Crippen LogP contribution in [0.2, 0.25) is 0 Å². The highest BCUT2D eigenvalue weighted by atomic mass is 32.1. The van der Waals surface area contributed by atoms with E-state index in [0.717, 1.165) is 31.7 Å². The number of carbonyl (C=O) groups excluding carboxylic acids is 2. The number of halogens is 1. The van der Waals surface area contributed by atoms with E-state index < -0.39 is 11.6 Å². The monoisotopic (exact) mass is 633 g/mol. The smallest absolute Gasteiger partial charge is 0.332 e. The topological polar surface area (TPSA) is 103 Å². The van der Waals surface area contributed by atoms with Crippen LogP contribution in [-0.4, -0.2) is 49.5 Å². The van der Waals surface area contributed by atoms with Gasteiger partial charge in [0.25, 0.3) is 0 Å². The van der Waals surface area contributed by atoms with E-state index in [1.807, 2.05) is 30.3 Å². The van der Waals surface area contributed by atoms with E-state index in [4.69, 9.17) is 18.9 Å². The molecule has 0 fully saturated rings. The number of amides is 1. The number of thiophene rings is 1. The third-order valence-corrected chi connectivity index (χ3v) is 7.39. The molecule has 236 valence electrons. The molecule has 0 aliphatic rings. The van der Waals surface area contributed by atoms with E-state index in [-0.39, 0.29) is 24.8 Å². The number of phenolic OH excluding ortho intramolecular Hbond substituents is 1. The lowest BCUT2D eigenvalue weighted by atomic mass is 10.0. The molecule has 0 spiro atoms. The summed E-state index contributed by atoms with van der Waals surface area (Å²) >= 11 is 1.45. The quantitative estimate of drug-likeness (QED) is 0.0601. The highest BCUT2D eigenvalue weighted by Crippen LogP contribution is 2.47. The van der Waals surface area contributed by atoms with Crippen molar-refractivity contribution in [3.8, 4) is 27.7 Å². The van der Waals surface area contributed by atoms with Crippen LogP contribution < -0.4 is 10.1 Å². The number of hydrogen-bond donors (Lipinski definition) is 2. The number of benzene rings is 3. The van der Waals surface area contributed by atoms with Crippen molar-refractivity contribution in [1.82, 2.24) is 5.32 Å². The Morgan fingerprint density at radius 1 is 0.978 bits per heavy atom. The van der Waals surface area contributed by atoms with Crippen molar-refractivity contribution < 1.29 is 38.0 Å². The molecule has 2 N–H and O–H groups in total. The van der Waals surface area contributed by atoms with Gasteiger partial charge < -0.3 is 29.4 Å². The number of rotatable bonds is 15. The number of aromatic hydroxyl groups is 1. The van der Waals surface area contributed by atoms with E-state index in [2.05, 4.69) is 5.32 Å². The van der Waals surface area contributed by atoms with Crippen molar-refractivity contribution in [3.05, 3.63) is 96.5 Å². The Labute approximate surface area is 265 Å². The molecule has 4 aromatic rings. The predicted molar refractivity (Wildman–Crippen MR) is 174 cm³/mol. The SMILES string of the molecule is CC(C)(C)OC(=O)COCCOCC/C=C(\C=C/NC=O)c1ccc(Oc2c(-c3ccc(F)cc3)sc3cc(O)ccc23)cc1. The molecule has 1 heterocycles. The first-order valence-electron chi connectivity index (χ1n) is 14.4. The van der Waals surface area contributed by atoms with Gasteiger partial charge in [0, 0.05) is 16.3 Å². The molecular weight excluding hydrogens is 597 g/mol. The Morgan fingerprint density at radius 2 is 1.71 bits per heavy atom. The molecule has 0 aliphatic carbocycles. The molecule has 0 bridgehead atoms. The molecule has 10 heteroatoms. The van der Waals surface area contributed by atoms with Gasteiger partial charge in [0.1, 0.15) is 29.5 Å². The molecule has 0 unspecified atom stereocenters. The van der Waals surface area contributed by atoms with Gasteiger partial charge >= 0.3 is 5.97 Å². The minimum absolute atomic E-state index is 0.126. The molecule has 8 nitrogen and oxygen atoms in total. The van der Waals surface area contributed by atoms with Crippen LogP contribution in [0.25, 0.3) is 26.1 Å². The second-order valence-electron chi connectivity index (χ2n) is 10.9. The maximum Gasteiger partial charge on any atom is 0.332 e. The Morgan fingerprint density at radius 3 is 2.42 bits per heavy atom. The molecule has 45 heavy (non-hydrogen) atoms. The molecule has 0 saturated heterocycles. The molecule has 4 rings (SSSR count). The summed E-state index contributed by atoms with van der Waals surface area (Å²) in [7, 11) is 0. The van der Waals surface area contributed by atoms with Gasteiger partial charge in [-0.1, -0.05) is 30.3 Å². The summed E-state index contributed by atoms with van der Waals surface area (Å²) in [6.45, 7) is 6.31. The number of nitrogens with one attached hydrogen (secondary N) is 1. The van der Waals surface area contributed by atoms with Gasteiger partial charge in [-0.2, -0.15) is 0 Å². The van der Waals surface area contributed by atoms with E-state index in [0.29, 0.717) is 37.5 Å². The Kier molecular flexibility index (Phi) is 11.9. The van der Waals surface area contributed by atoms with Gasteiger partial charge in [-0.3, -0.25) is 4.79 Å². The number of allylic oxidation sites excluding steroid dienone is 2. The third-order valence-electron chi connectivity index (χ3n) is 6.21. The van der Waals surface area contributed by atoms with Crippen LogP contribution >= 0.6 is 11.3 Å². The summed E-state index contributed by atoms with van der Waals surface area (Å²) < 4.78 is 37.0. The molecule has 0 atom stereocenters. The Balaban J connectivity index is 1.41. The fourth-order valence-corrected chi connectivity index (χ4v) is 5.46. The van der Waals surface area contributed by atoms with Crippen LogP contribution in [0.4, 0.5) is 4.39 Å². The van der Waals surface area contributed by atoms with Gasteiger partial charge in [0.05, 0.1) is 24.7 Å². The van der Waals surface area contributed by atoms with Crippen molar-refractivity contribution in [2.75, 3.05) is 26.4 Å². The summed E-state index contributed by atoms with van der Waals surface area (Å²) in [5, 5.41) is 13.4. The van der Waals surface area contributed by atoms with Gasteiger partial charge in [-0.25, -0.2) is 9.18 Å². The van der Waals surface area contributed by atoms with Crippen molar-refractivity contribution in [1.29, 1.82) is 0 Å². The lowest BCUT2D eigenvalue weighted by Crippen LogP contribution is -2.27. The fraction of sp³-hybridized carbons (Fsp3) is 0.257. The lowest BCUT2D eigenvalue weighted by Gasteiger charge is -2.19. The Bertz CT molecular complexity index is 1640. The third kappa shape index (κ3) is 10.3. The second-order valence-corrected chi connectivity index (χ2v) is 11.9. The molecule has 0 aliphatic heterocycles. The van der Waals surface area contributed by atoms with Crippen LogP contribution in [0.15, 0.2) is 85.1 Å². The number of hydrogen-bond acceptors (Lipinski definition) is 8. The first kappa shape index (κ1) is 33.4. The molecule has 1 amide bonds. The summed E-state index contributed by atoms with van der Waals surface area (Å²) in [4.78, 5) is 23.3.